The lowest BCUT2D eigenvalue weighted by molar-refractivity contribution is 0.645. The van der Waals surface area contributed by atoms with Gasteiger partial charge in [0.05, 0.1) is 0 Å². The SMILES string of the molecule is Cc1ccc2c(c1)C(C)(C)c1ccccc1-c1ccccc1-2. The molecule has 0 fully saturated rings. The van der Waals surface area contributed by atoms with Crippen molar-refractivity contribution in [2.24, 2.45) is 0 Å². The molecular weight excluding hydrogens is 264 g/mol. The zero-order valence-electron chi connectivity index (χ0n) is 13.4. The minimum absolute atomic E-state index is 0.00301. The molecule has 0 nitrogen and oxygen atoms in total. The summed E-state index contributed by atoms with van der Waals surface area (Å²) in [5, 5.41) is 0. The van der Waals surface area contributed by atoms with Crippen LogP contribution in [0.3, 0.4) is 0 Å². The third-order valence-corrected chi connectivity index (χ3v) is 4.96. The van der Waals surface area contributed by atoms with Crippen LogP contribution in [-0.2, 0) is 5.41 Å². The zero-order valence-corrected chi connectivity index (χ0v) is 13.4. The highest BCUT2D eigenvalue weighted by atomic mass is 14.4. The number of aryl methyl sites for hydroxylation is 1. The van der Waals surface area contributed by atoms with Crippen LogP contribution in [0, 0.1) is 6.92 Å². The van der Waals surface area contributed by atoms with Gasteiger partial charge < -0.3 is 0 Å². The molecule has 0 amide bonds. The van der Waals surface area contributed by atoms with Crippen molar-refractivity contribution >= 4 is 0 Å². The van der Waals surface area contributed by atoms with Crippen LogP contribution in [0.4, 0.5) is 0 Å². The standard InChI is InChI=1S/C22H20/c1-15-12-13-19-17-9-5-4-8-16(17)18-10-6-7-11-20(18)22(2,3)21(19)14-15/h4-14H,1-3H3. The van der Waals surface area contributed by atoms with Crippen molar-refractivity contribution in [2.75, 3.05) is 0 Å². The molecule has 0 saturated heterocycles. The van der Waals surface area contributed by atoms with Gasteiger partial charge in [-0.2, -0.15) is 0 Å². The fourth-order valence-corrected chi connectivity index (χ4v) is 3.77. The molecule has 0 atom stereocenters. The Hall–Kier alpha value is -2.34. The maximum absolute atomic E-state index is 2.36. The van der Waals surface area contributed by atoms with Crippen LogP contribution in [-0.4, -0.2) is 0 Å². The molecular formula is C22H20. The maximum atomic E-state index is 2.36. The van der Waals surface area contributed by atoms with Crippen molar-refractivity contribution < 1.29 is 0 Å². The second kappa shape index (κ2) is 4.58. The van der Waals surface area contributed by atoms with Gasteiger partial charge in [-0.3, -0.25) is 0 Å². The molecule has 0 N–H and O–H groups in total. The van der Waals surface area contributed by atoms with Crippen LogP contribution in [0.1, 0.15) is 30.5 Å². The van der Waals surface area contributed by atoms with Crippen LogP contribution in [0.5, 0.6) is 0 Å². The van der Waals surface area contributed by atoms with Gasteiger partial charge in [-0.15, -0.1) is 0 Å². The van der Waals surface area contributed by atoms with Gasteiger partial charge in [-0.1, -0.05) is 86.1 Å². The van der Waals surface area contributed by atoms with Gasteiger partial charge in [0.2, 0.25) is 0 Å². The first-order valence-corrected chi connectivity index (χ1v) is 7.89. The number of benzene rings is 3. The van der Waals surface area contributed by atoms with E-state index in [-0.39, 0.29) is 5.41 Å². The second-order valence-corrected chi connectivity index (χ2v) is 6.77. The summed E-state index contributed by atoms with van der Waals surface area (Å²) in [6, 6.07) is 24.5. The van der Waals surface area contributed by atoms with Gasteiger partial charge in [0.15, 0.2) is 0 Å². The molecule has 0 heterocycles. The zero-order chi connectivity index (χ0) is 15.3. The smallest absolute Gasteiger partial charge is 0.0158 e. The van der Waals surface area contributed by atoms with E-state index in [2.05, 4.69) is 87.5 Å². The Labute approximate surface area is 132 Å². The summed E-state index contributed by atoms with van der Waals surface area (Å²) in [6.45, 7) is 6.87. The van der Waals surface area contributed by atoms with Crippen molar-refractivity contribution in [1.29, 1.82) is 0 Å². The molecule has 4 rings (SSSR count). The highest BCUT2D eigenvalue weighted by Gasteiger charge is 2.32. The molecule has 0 unspecified atom stereocenters. The molecule has 0 radical (unpaired) electrons. The van der Waals surface area contributed by atoms with E-state index in [0.717, 1.165) is 0 Å². The molecule has 0 saturated carbocycles. The molecule has 1 aliphatic rings. The highest BCUT2D eigenvalue weighted by Crippen LogP contribution is 2.48. The fraction of sp³-hybridized carbons (Fsp3) is 0.182. The van der Waals surface area contributed by atoms with Gasteiger partial charge in [0.25, 0.3) is 0 Å². The van der Waals surface area contributed by atoms with E-state index in [1.54, 1.807) is 0 Å². The summed E-state index contributed by atoms with van der Waals surface area (Å²) < 4.78 is 0. The van der Waals surface area contributed by atoms with Crippen LogP contribution in [0.15, 0.2) is 66.7 Å². The van der Waals surface area contributed by atoms with Crippen molar-refractivity contribution in [3.8, 4) is 22.3 Å². The molecule has 3 aromatic rings. The second-order valence-electron chi connectivity index (χ2n) is 6.77. The molecule has 1 aliphatic carbocycles. The first-order chi connectivity index (χ1) is 10.6. The quantitative estimate of drug-likeness (QED) is 0.477. The van der Waals surface area contributed by atoms with Crippen molar-refractivity contribution in [3.63, 3.8) is 0 Å². The third kappa shape index (κ3) is 1.77. The van der Waals surface area contributed by atoms with E-state index in [9.17, 15) is 0 Å². The summed E-state index contributed by atoms with van der Waals surface area (Å²) in [5.74, 6) is 0. The Morgan fingerprint density at radius 1 is 0.591 bits per heavy atom. The van der Waals surface area contributed by atoms with E-state index < -0.39 is 0 Å². The first-order valence-electron chi connectivity index (χ1n) is 7.89. The van der Waals surface area contributed by atoms with Gasteiger partial charge in [-0.05, 0) is 40.3 Å². The molecule has 0 spiro atoms. The van der Waals surface area contributed by atoms with Crippen molar-refractivity contribution in [3.05, 3.63) is 83.4 Å². The maximum Gasteiger partial charge on any atom is 0.0158 e. The summed E-state index contributed by atoms with van der Waals surface area (Å²) in [5.41, 5.74) is 9.56. The lowest BCUT2D eigenvalue weighted by atomic mass is 9.75. The summed E-state index contributed by atoms with van der Waals surface area (Å²) in [7, 11) is 0. The van der Waals surface area contributed by atoms with E-state index in [4.69, 9.17) is 0 Å². The summed E-state index contributed by atoms with van der Waals surface area (Å²) >= 11 is 0. The van der Waals surface area contributed by atoms with Crippen molar-refractivity contribution in [2.45, 2.75) is 26.2 Å². The molecule has 22 heavy (non-hydrogen) atoms. The van der Waals surface area contributed by atoms with Gasteiger partial charge in [0, 0.05) is 5.41 Å². The fourth-order valence-electron chi connectivity index (χ4n) is 3.77. The predicted octanol–water partition coefficient (Wildman–Crippen LogP) is 5.97. The lowest BCUT2D eigenvalue weighted by Gasteiger charge is -2.28. The Bertz CT molecular complexity index is 869. The lowest BCUT2D eigenvalue weighted by Crippen LogP contribution is -2.20. The normalized spacial score (nSPS) is 14.5. The van der Waals surface area contributed by atoms with E-state index in [1.165, 1.54) is 38.9 Å². The predicted molar refractivity (Wildman–Crippen MR) is 94.2 cm³/mol. The number of fused-ring (bicyclic) bond motifs is 5. The van der Waals surface area contributed by atoms with E-state index in [1.807, 2.05) is 0 Å². The average molecular weight is 284 g/mol. The molecule has 108 valence electrons. The van der Waals surface area contributed by atoms with Crippen molar-refractivity contribution in [1.82, 2.24) is 0 Å². The minimum Gasteiger partial charge on any atom is -0.0619 e. The minimum atomic E-state index is -0.00301. The third-order valence-electron chi connectivity index (χ3n) is 4.96. The number of hydrogen-bond donors (Lipinski definition) is 0. The first kappa shape index (κ1) is 13.3. The summed E-state index contributed by atoms with van der Waals surface area (Å²) in [4.78, 5) is 0. The number of hydrogen-bond acceptors (Lipinski definition) is 0. The Morgan fingerprint density at radius 2 is 1.14 bits per heavy atom. The Morgan fingerprint density at radius 3 is 1.82 bits per heavy atom. The van der Waals surface area contributed by atoms with E-state index >= 15 is 0 Å². The van der Waals surface area contributed by atoms with Crippen LogP contribution in [0.25, 0.3) is 22.3 Å². The average Bonchev–Trinajstić information content (AvgIpc) is 2.62. The molecule has 3 aromatic carbocycles. The Kier molecular flexibility index (Phi) is 2.77. The summed E-state index contributed by atoms with van der Waals surface area (Å²) in [6.07, 6.45) is 0. The molecule has 0 aromatic heterocycles. The van der Waals surface area contributed by atoms with Gasteiger partial charge in [-0.25, -0.2) is 0 Å². The van der Waals surface area contributed by atoms with Gasteiger partial charge in [0.1, 0.15) is 0 Å². The highest BCUT2D eigenvalue weighted by molar-refractivity contribution is 5.90. The van der Waals surface area contributed by atoms with Crippen LogP contribution >= 0.6 is 0 Å². The van der Waals surface area contributed by atoms with Gasteiger partial charge >= 0.3 is 0 Å². The monoisotopic (exact) mass is 284 g/mol. The molecule has 0 aliphatic heterocycles. The topological polar surface area (TPSA) is 0 Å². The van der Waals surface area contributed by atoms with E-state index in [0.29, 0.717) is 0 Å². The number of rotatable bonds is 0. The van der Waals surface area contributed by atoms with Crippen LogP contribution in [0.2, 0.25) is 0 Å². The molecule has 0 bridgehead atoms. The largest absolute Gasteiger partial charge is 0.0619 e. The Balaban J connectivity index is 2.21. The van der Waals surface area contributed by atoms with Crippen LogP contribution < -0.4 is 0 Å². The molecule has 0 heteroatoms.